The molecule has 0 aromatic rings. The van der Waals surface area contributed by atoms with Gasteiger partial charge in [-0.25, -0.2) is 0 Å². The van der Waals surface area contributed by atoms with Crippen LogP contribution in [0.3, 0.4) is 0 Å². The van der Waals surface area contributed by atoms with Gasteiger partial charge in [0, 0.05) is 12.6 Å². The van der Waals surface area contributed by atoms with E-state index in [1.165, 1.54) is 64.2 Å². The van der Waals surface area contributed by atoms with Crippen molar-refractivity contribution in [2.75, 3.05) is 6.54 Å². The van der Waals surface area contributed by atoms with Gasteiger partial charge < -0.3 is 11.1 Å². The van der Waals surface area contributed by atoms with Crippen LogP contribution in [0.1, 0.15) is 71.1 Å². The molecule has 0 bridgehead atoms. The molecule has 0 radical (unpaired) electrons. The van der Waals surface area contributed by atoms with Gasteiger partial charge in [-0.05, 0) is 37.5 Å². The van der Waals surface area contributed by atoms with E-state index in [1.807, 2.05) is 0 Å². The van der Waals surface area contributed by atoms with Gasteiger partial charge in [0.2, 0.25) is 0 Å². The average molecular weight is 265 g/mol. The van der Waals surface area contributed by atoms with Crippen molar-refractivity contribution in [1.82, 2.24) is 5.32 Å². The molecule has 0 amide bonds. The molecule has 0 spiro atoms. The normalized spacial score (nSPS) is 30.3. The monoisotopic (exact) mass is 265 g/mol. The lowest BCUT2D eigenvalue weighted by Gasteiger charge is -2.27. The van der Waals surface area contributed by atoms with E-state index in [0.717, 1.165) is 18.4 Å². The van der Waals surface area contributed by atoms with Crippen molar-refractivity contribution in [3.8, 4) is 0 Å². The Morgan fingerprint density at radius 3 is 2.26 bits per heavy atom. The zero-order chi connectivity index (χ0) is 13.5. The third-order valence-electron chi connectivity index (χ3n) is 5.02. The van der Waals surface area contributed by atoms with E-state index in [-0.39, 0.29) is 0 Å². The lowest BCUT2D eigenvalue weighted by atomic mass is 9.81. The van der Waals surface area contributed by atoms with E-state index in [2.05, 4.69) is 17.2 Å². The van der Waals surface area contributed by atoms with E-state index in [4.69, 9.17) is 5.73 Å². The summed E-state index contributed by atoms with van der Waals surface area (Å²) in [6, 6.07) is 0.577. The fourth-order valence-electron chi connectivity index (χ4n) is 3.55. The molecule has 2 aliphatic rings. The van der Waals surface area contributed by atoms with E-state index in [0.29, 0.717) is 12.0 Å². The first-order valence-corrected chi connectivity index (χ1v) is 8.34. The maximum atomic E-state index is 6.01. The minimum atomic E-state index is 0.577. The lowest BCUT2D eigenvalue weighted by Crippen LogP contribution is -2.41. The van der Waals surface area contributed by atoms with Crippen LogP contribution in [0, 0.1) is 11.8 Å². The standard InChI is InChI=1S/C16H31N3/c1-2-13-8-10-14(11-9-13)12-18-16(17)19-15-6-4-3-5-7-15/h13-15H,2-12H2,1H3,(H3,17,18,19). The Bertz CT molecular complexity index is 274. The summed E-state index contributed by atoms with van der Waals surface area (Å²) in [5, 5.41) is 3.41. The molecule has 0 aromatic heterocycles. The van der Waals surface area contributed by atoms with E-state index in [1.54, 1.807) is 0 Å². The molecule has 0 atom stereocenters. The highest BCUT2D eigenvalue weighted by atomic mass is 15.1. The number of hydrogen-bond acceptors (Lipinski definition) is 1. The summed E-state index contributed by atoms with van der Waals surface area (Å²) in [5.74, 6) is 2.43. The number of hydrogen-bond donors (Lipinski definition) is 2. The largest absolute Gasteiger partial charge is 0.370 e. The minimum absolute atomic E-state index is 0.577. The molecular formula is C16H31N3. The van der Waals surface area contributed by atoms with Crippen LogP contribution in [0.15, 0.2) is 4.99 Å². The molecular weight excluding hydrogens is 234 g/mol. The molecule has 3 N–H and O–H groups in total. The molecule has 3 heteroatoms. The number of rotatable bonds is 4. The summed E-state index contributed by atoms with van der Waals surface area (Å²) in [7, 11) is 0. The molecule has 2 rings (SSSR count). The van der Waals surface area contributed by atoms with Gasteiger partial charge in [0.1, 0.15) is 0 Å². The van der Waals surface area contributed by atoms with Gasteiger partial charge in [0.25, 0.3) is 0 Å². The summed E-state index contributed by atoms with van der Waals surface area (Å²) >= 11 is 0. The van der Waals surface area contributed by atoms with Gasteiger partial charge >= 0.3 is 0 Å². The summed E-state index contributed by atoms with van der Waals surface area (Å²) in [4.78, 5) is 4.58. The van der Waals surface area contributed by atoms with Gasteiger partial charge in [-0.15, -0.1) is 0 Å². The van der Waals surface area contributed by atoms with Gasteiger partial charge in [-0.1, -0.05) is 45.4 Å². The molecule has 2 aliphatic carbocycles. The average Bonchev–Trinajstić information content (AvgIpc) is 2.47. The maximum absolute atomic E-state index is 6.01. The van der Waals surface area contributed by atoms with Crippen LogP contribution in [-0.2, 0) is 0 Å². The first kappa shape index (κ1) is 14.7. The first-order chi connectivity index (χ1) is 9.28. The molecule has 0 unspecified atom stereocenters. The molecule has 0 heterocycles. The van der Waals surface area contributed by atoms with Crippen molar-refractivity contribution in [3.63, 3.8) is 0 Å². The number of aliphatic imine (C=N–C) groups is 1. The van der Waals surface area contributed by atoms with Crippen molar-refractivity contribution >= 4 is 5.96 Å². The number of nitrogens with zero attached hydrogens (tertiary/aromatic N) is 1. The highest BCUT2D eigenvalue weighted by Gasteiger charge is 2.19. The number of guanidine groups is 1. The predicted octanol–water partition coefficient (Wildman–Crippen LogP) is 3.44. The van der Waals surface area contributed by atoms with E-state index in [9.17, 15) is 0 Å². The molecule has 3 nitrogen and oxygen atoms in total. The van der Waals surface area contributed by atoms with Crippen LogP contribution >= 0.6 is 0 Å². The number of nitrogens with one attached hydrogen (secondary N) is 1. The van der Waals surface area contributed by atoms with Crippen molar-refractivity contribution in [2.24, 2.45) is 22.6 Å². The van der Waals surface area contributed by atoms with Crippen LogP contribution in [-0.4, -0.2) is 18.5 Å². The van der Waals surface area contributed by atoms with Crippen LogP contribution in [0.25, 0.3) is 0 Å². The van der Waals surface area contributed by atoms with Crippen LogP contribution in [0.4, 0.5) is 0 Å². The zero-order valence-electron chi connectivity index (χ0n) is 12.5. The quantitative estimate of drug-likeness (QED) is 0.604. The molecule has 2 saturated carbocycles. The highest BCUT2D eigenvalue weighted by molar-refractivity contribution is 5.78. The second-order valence-corrected chi connectivity index (χ2v) is 6.50. The third-order valence-corrected chi connectivity index (χ3v) is 5.02. The molecule has 110 valence electrons. The molecule has 0 saturated heterocycles. The van der Waals surface area contributed by atoms with E-state index < -0.39 is 0 Å². The highest BCUT2D eigenvalue weighted by Crippen LogP contribution is 2.30. The lowest BCUT2D eigenvalue weighted by molar-refractivity contribution is 0.274. The van der Waals surface area contributed by atoms with Gasteiger partial charge in [-0.3, -0.25) is 4.99 Å². The summed E-state index contributed by atoms with van der Waals surface area (Å²) in [6.07, 6.45) is 13.4. The topological polar surface area (TPSA) is 50.4 Å². The Morgan fingerprint density at radius 2 is 1.63 bits per heavy atom. The van der Waals surface area contributed by atoms with Gasteiger partial charge in [0.15, 0.2) is 5.96 Å². The molecule has 19 heavy (non-hydrogen) atoms. The summed E-state index contributed by atoms with van der Waals surface area (Å²) in [6.45, 7) is 3.25. The maximum Gasteiger partial charge on any atom is 0.188 e. The molecule has 2 fully saturated rings. The second kappa shape index (κ2) is 7.76. The Morgan fingerprint density at radius 1 is 1.00 bits per heavy atom. The van der Waals surface area contributed by atoms with Crippen molar-refractivity contribution < 1.29 is 0 Å². The Hall–Kier alpha value is -0.730. The van der Waals surface area contributed by atoms with Gasteiger partial charge in [-0.2, -0.15) is 0 Å². The van der Waals surface area contributed by atoms with Crippen molar-refractivity contribution in [1.29, 1.82) is 0 Å². The molecule has 0 aromatic carbocycles. The second-order valence-electron chi connectivity index (χ2n) is 6.50. The van der Waals surface area contributed by atoms with Gasteiger partial charge in [0.05, 0.1) is 0 Å². The smallest absolute Gasteiger partial charge is 0.188 e. The number of nitrogens with two attached hydrogens (primary N) is 1. The fourth-order valence-corrected chi connectivity index (χ4v) is 3.55. The zero-order valence-corrected chi connectivity index (χ0v) is 12.5. The SMILES string of the molecule is CCC1CCC(CN=C(N)NC2CCCCC2)CC1. The van der Waals surface area contributed by atoms with Crippen LogP contribution < -0.4 is 11.1 Å². The van der Waals surface area contributed by atoms with E-state index >= 15 is 0 Å². The third kappa shape index (κ3) is 5.04. The first-order valence-electron chi connectivity index (χ1n) is 8.34. The van der Waals surface area contributed by atoms with Crippen molar-refractivity contribution in [2.45, 2.75) is 77.2 Å². The van der Waals surface area contributed by atoms with Crippen LogP contribution in [0.2, 0.25) is 0 Å². The Kier molecular flexibility index (Phi) is 5.99. The predicted molar refractivity (Wildman–Crippen MR) is 82.2 cm³/mol. The van der Waals surface area contributed by atoms with Crippen LogP contribution in [0.5, 0.6) is 0 Å². The minimum Gasteiger partial charge on any atom is -0.370 e. The summed E-state index contributed by atoms with van der Waals surface area (Å²) < 4.78 is 0. The Balaban J connectivity index is 1.66. The van der Waals surface area contributed by atoms with Crippen molar-refractivity contribution in [3.05, 3.63) is 0 Å². The molecule has 0 aliphatic heterocycles. The summed E-state index contributed by atoms with van der Waals surface area (Å²) in [5.41, 5.74) is 6.01. The Labute approximate surface area is 118 Å². The fraction of sp³-hybridized carbons (Fsp3) is 0.938.